The monoisotopic (exact) mass is 582 g/mol. The number of aliphatic hydroxyl groups is 1. The Labute approximate surface area is 257 Å². The van der Waals surface area contributed by atoms with Gasteiger partial charge in [0.05, 0.1) is 28.7 Å². The molecule has 3 heterocycles. The lowest BCUT2D eigenvalue weighted by molar-refractivity contribution is 0.304. The molecule has 0 fully saturated rings. The van der Waals surface area contributed by atoms with Gasteiger partial charge in [0, 0.05) is 35.3 Å². The van der Waals surface area contributed by atoms with Gasteiger partial charge < -0.3 is 14.8 Å². The van der Waals surface area contributed by atoms with E-state index in [0.717, 1.165) is 63.0 Å². The zero-order chi connectivity index (χ0) is 30.1. The summed E-state index contributed by atoms with van der Waals surface area (Å²) >= 11 is 0. The summed E-state index contributed by atoms with van der Waals surface area (Å²) < 4.78 is 6.03. The quantitative estimate of drug-likeness (QED) is 0.0841. The van der Waals surface area contributed by atoms with E-state index in [1.807, 2.05) is 36.7 Å². The van der Waals surface area contributed by atoms with Crippen molar-refractivity contribution in [3.63, 3.8) is 0 Å². The number of benzene rings is 2. The third-order valence-electron chi connectivity index (χ3n) is 7.96. The average Bonchev–Trinajstić information content (AvgIpc) is 3.50. The zero-order valence-electron chi connectivity index (χ0n) is 26.3. The van der Waals surface area contributed by atoms with Crippen molar-refractivity contribution in [3.05, 3.63) is 60.9 Å². The van der Waals surface area contributed by atoms with Gasteiger partial charge in [-0.3, -0.25) is 9.97 Å². The summed E-state index contributed by atoms with van der Waals surface area (Å²) in [5, 5.41) is 9.62. The van der Waals surface area contributed by atoms with Gasteiger partial charge in [-0.1, -0.05) is 90.4 Å². The molecule has 0 bridgehead atoms. The van der Waals surface area contributed by atoms with E-state index in [0.29, 0.717) is 0 Å². The minimum atomic E-state index is 0.250. The number of pyridine rings is 2. The van der Waals surface area contributed by atoms with Crippen molar-refractivity contribution in [1.29, 1.82) is 0 Å². The van der Waals surface area contributed by atoms with Crippen LogP contribution in [-0.2, 0) is 0 Å². The molecule has 2 aromatic carbocycles. The number of unbranched alkanes of at least 4 members (excludes halogenated alkanes) is 13. The maximum atomic E-state index is 7.57. The number of rotatable bonds is 17. The molecule has 0 aliphatic heterocycles. The number of fused-ring (bicyclic) bond motifs is 6. The summed E-state index contributed by atoms with van der Waals surface area (Å²) in [5.74, 6) is 1.76. The highest BCUT2D eigenvalue weighted by atomic mass is 16.5. The van der Waals surface area contributed by atoms with Crippen LogP contribution in [0.15, 0.2) is 60.9 Å². The molecule has 0 amide bonds. The fourth-order valence-electron chi connectivity index (χ4n) is 5.68. The fourth-order valence-corrected chi connectivity index (χ4v) is 5.68. The van der Waals surface area contributed by atoms with Crippen LogP contribution in [0.3, 0.4) is 0 Å². The normalized spacial score (nSPS) is 11.2. The molecule has 5 rings (SSSR count). The van der Waals surface area contributed by atoms with Gasteiger partial charge in [-0.25, -0.2) is 4.98 Å². The van der Waals surface area contributed by atoms with Crippen LogP contribution < -0.4 is 4.74 Å². The Balaban J connectivity index is 0.00000135. The van der Waals surface area contributed by atoms with Crippen LogP contribution in [0.5, 0.6) is 5.75 Å². The van der Waals surface area contributed by atoms with Gasteiger partial charge in [0.1, 0.15) is 11.6 Å². The van der Waals surface area contributed by atoms with Gasteiger partial charge in [0.25, 0.3) is 0 Å². The van der Waals surface area contributed by atoms with Crippen LogP contribution in [0.4, 0.5) is 0 Å². The molecule has 5 aromatic rings. The molecule has 0 unspecified atom stereocenters. The van der Waals surface area contributed by atoms with Gasteiger partial charge in [0.2, 0.25) is 0 Å². The smallest absolute Gasteiger partial charge is 0.138 e. The summed E-state index contributed by atoms with van der Waals surface area (Å²) in [6, 6.07) is 16.3. The first-order chi connectivity index (χ1) is 21.3. The minimum Gasteiger partial charge on any atom is -0.494 e. The molecule has 230 valence electrons. The minimum absolute atomic E-state index is 0.250. The van der Waals surface area contributed by atoms with Crippen LogP contribution in [0, 0.1) is 0 Å². The van der Waals surface area contributed by atoms with Crippen LogP contribution in [0.2, 0.25) is 0 Å². The molecular formula is C37H50N4O2. The average molecular weight is 583 g/mol. The molecule has 0 spiro atoms. The fraction of sp³-hybridized carbons (Fsp3) is 0.486. The first kappa shape index (κ1) is 32.4. The van der Waals surface area contributed by atoms with E-state index >= 15 is 0 Å². The highest BCUT2D eigenvalue weighted by Crippen LogP contribution is 2.33. The van der Waals surface area contributed by atoms with E-state index in [1.165, 1.54) is 83.5 Å². The molecule has 2 N–H and O–H groups in total. The van der Waals surface area contributed by atoms with Crippen molar-refractivity contribution in [2.45, 2.75) is 104 Å². The van der Waals surface area contributed by atoms with E-state index in [-0.39, 0.29) is 6.61 Å². The molecule has 0 saturated carbocycles. The molecule has 0 aliphatic rings. The second-order valence-electron chi connectivity index (χ2n) is 11.4. The Hall–Kier alpha value is -3.51. The van der Waals surface area contributed by atoms with E-state index in [2.05, 4.69) is 46.1 Å². The number of aromatic amines is 1. The molecule has 6 nitrogen and oxygen atoms in total. The van der Waals surface area contributed by atoms with E-state index in [1.54, 1.807) is 6.92 Å². The van der Waals surface area contributed by atoms with E-state index in [9.17, 15) is 0 Å². The first-order valence-corrected chi connectivity index (χ1v) is 16.6. The maximum Gasteiger partial charge on any atom is 0.138 e. The Bertz CT molecular complexity index is 1420. The molecule has 0 atom stereocenters. The van der Waals surface area contributed by atoms with E-state index in [4.69, 9.17) is 14.8 Å². The van der Waals surface area contributed by atoms with E-state index < -0.39 is 0 Å². The number of nitrogens with zero attached hydrogens (tertiary/aromatic N) is 3. The highest BCUT2D eigenvalue weighted by molar-refractivity contribution is 6.21. The molecule has 6 heteroatoms. The Kier molecular flexibility index (Phi) is 13.7. The molecule has 0 saturated heterocycles. The third-order valence-corrected chi connectivity index (χ3v) is 7.96. The Morgan fingerprint density at radius 2 is 1.14 bits per heavy atom. The van der Waals surface area contributed by atoms with Crippen molar-refractivity contribution in [1.82, 2.24) is 19.9 Å². The molecular weight excluding hydrogens is 532 g/mol. The molecule has 0 aliphatic carbocycles. The number of aliphatic hydroxyl groups excluding tert-OH is 1. The van der Waals surface area contributed by atoms with Gasteiger partial charge in [0.15, 0.2) is 0 Å². The summed E-state index contributed by atoms with van der Waals surface area (Å²) in [6.45, 7) is 5.00. The van der Waals surface area contributed by atoms with Crippen molar-refractivity contribution in [2.75, 3.05) is 13.2 Å². The van der Waals surface area contributed by atoms with Gasteiger partial charge in [-0.15, -0.1) is 0 Å². The highest BCUT2D eigenvalue weighted by Gasteiger charge is 2.15. The molecule has 0 radical (unpaired) electrons. The summed E-state index contributed by atoms with van der Waals surface area (Å²) in [6.07, 6.45) is 22.8. The lowest BCUT2D eigenvalue weighted by Crippen LogP contribution is -1.97. The second kappa shape index (κ2) is 18.2. The second-order valence-corrected chi connectivity index (χ2v) is 11.4. The van der Waals surface area contributed by atoms with Crippen LogP contribution in [0.1, 0.15) is 104 Å². The molecule has 3 aromatic heterocycles. The number of nitrogens with one attached hydrogen (secondary N) is 1. The number of H-pyrrole nitrogens is 1. The first-order valence-electron chi connectivity index (χ1n) is 16.6. The topological polar surface area (TPSA) is 83.9 Å². The predicted molar refractivity (Wildman–Crippen MR) is 181 cm³/mol. The number of hydrogen-bond donors (Lipinski definition) is 2. The van der Waals surface area contributed by atoms with Crippen molar-refractivity contribution in [3.8, 4) is 17.1 Å². The Morgan fingerprint density at radius 1 is 0.628 bits per heavy atom. The third kappa shape index (κ3) is 9.49. The standard InChI is InChI=1S/C35H44N4O.C2H6O/c1-2-3-4-5-6-7-8-9-10-11-12-13-14-15-26-40-28-22-20-27(21-23-28)35-38-33-29-18-16-24-36-31(29)32-30(34(33)39-35)19-17-25-37-32;1-2-3/h16-25H,2-15,26H2,1H3,(H,38,39);3H,2H2,1H3. The van der Waals surface area contributed by atoms with Gasteiger partial charge >= 0.3 is 0 Å². The number of ether oxygens (including phenoxy) is 1. The lowest BCUT2D eigenvalue weighted by atomic mass is 10.0. The Morgan fingerprint density at radius 3 is 1.72 bits per heavy atom. The van der Waals surface area contributed by atoms with Crippen molar-refractivity contribution >= 4 is 32.8 Å². The summed E-state index contributed by atoms with van der Waals surface area (Å²) in [5.41, 5.74) is 4.74. The number of imidazole rings is 1. The molecule has 43 heavy (non-hydrogen) atoms. The maximum absolute atomic E-state index is 7.57. The SMILES string of the molecule is CCCCCCCCCCCCCCCCOc1ccc(-c2nc3c4cccnc4c4ncccc4c3[nH]2)cc1.CCO. The van der Waals surface area contributed by atoms with Crippen molar-refractivity contribution in [2.24, 2.45) is 0 Å². The van der Waals surface area contributed by atoms with Crippen LogP contribution >= 0.6 is 0 Å². The predicted octanol–water partition coefficient (Wildman–Crippen LogP) is 10.2. The van der Waals surface area contributed by atoms with Crippen LogP contribution in [-0.4, -0.2) is 38.3 Å². The number of aromatic nitrogens is 4. The summed E-state index contributed by atoms with van der Waals surface area (Å²) in [4.78, 5) is 17.7. The van der Waals surface area contributed by atoms with Gasteiger partial charge in [-0.05, 0) is 61.9 Å². The van der Waals surface area contributed by atoms with Crippen LogP contribution in [0.25, 0.3) is 44.2 Å². The largest absolute Gasteiger partial charge is 0.494 e. The number of hydrogen-bond acceptors (Lipinski definition) is 5. The zero-order valence-corrected chi connectivity index (χ0v) is 26.3. The lowest BCUT2D eigenvalue weighted by Gasteiger charge is -2.07. The summed E-state index contributed by atoms with van der Waals surface area (Å²) in [7, 11) is 0. The van der Waals surface area contributed by atoms with Gasteiger partial charge in [-0.2, -0.15) is 0 Å². The van der Waals surface area contributed by atoms with Crippen molar-refractivity contribution < 1.29 is 9.84 Å².